The fourth-order valence-corrected chi connectivity index (χ4v) is 2.95. The molecule has 0 saturated carbocycles. The Morgan fingerprint density at radius 3 is 2.09 bits per heavy atom. The van der Waals surface area contributed by atoms with E-state index in [1.807, 2.05) is 11.4 Å². The van der Waals surface area contributed by atoms with E-state index in [4.69, 9.17) is 27.4 Å². The van der Waals surface area contributed by atoms with Crippen molar-refractivity contribution in [1.82, 2.24) is 16.0 Å². The minimum absolute atomic E-state index is 0.0446. The van der Waals surface area contributed by atoms with Crippen molar-refractivity contribution in [3.8, 4) is 0 Å². The molecule has 0 aliphatic heterocycles. The van der Waals surface area contributed by atoms with Crippen molar-refractivity contribution in [2.45, 2.75) is 43.8 Å². The maximum atomic E-state index is 12.9. The Morgan fingerprint density at radius 1 is 0.886 bits per heavy atom. The van der Waals surface area contributed by atoms with E-state index in [0.29, 0.717) is 0 Å². The minimum Gasteiger partial charge on any atom is -0.481 e. The largest absolute Gasteiger partial charge is 0.481 e. The van der Waals surface area contributed by atoms with E-state index in [1.165, 1.54) is 0 Å². The molecule has 14 heteroatoms. The van der Waals surface area contributed by atoms with Crippen LogP contribution in [-0.4, -0.2) is 77.0 Å². The zero-order valence-corrected chi connectivity index (χ0v) is 19.0. The van der Waals surface area contributed by atoms with Gasteiger partial charge in [0.1, 0.15) is 18.6 Å². The molecule has 0 spiro atoms. The molecule has 1 aromatic rings. The van der Waals surface area contributed by atoms with Gasteiger partial charge in [-0.2, -0.15) is 0 Å². The second kappa shape index (κ2) is 14.8. The first kappa shape index (κ1) is 28.8. The molecular weight excluding hydrogens is 462 g/mol. The second-order valence-corrected chi connectivity index (χ2v) is 7.58. The molecule has 0 aliphatic rings. The molecule has 11 N–H and O–H groups in total. The standard InChI is InChI=1S/C21H31N7O7/c22-13(9-12-5-2-1-3-6-12)18(33)27-14(7-4-8-25-21(23)24)20(35)28-15(10-16(29)30)19(34)26-11-17(31)32/h1-3,5-6,13-15H,4,7-11,22H2,(H,26,34)(H,27,33)(H,28,35)(H,29,30)(H,31,32)(H4,23,24,25). The Hall–Kier alpha value is -4.20. The average molecular weight is 494 g/mol. The molecule has 1 aromatic carbocycles. The van der Waals surface area contributed by atoms with Crippen LogP contribution in [0, 0.1) is 0 Å². The summed E-state index contributed by atoms with van der Waals surface area (Å²) >= 11 is 0. The van der Waals surface area contributed by atoms with Gasteiger partial charge in [0.15, 0.2) is 5.96 Å². The lowest BCUT2D eigenvalue weighted by molar-refractivity contribution is -0.141. The molecule has 0 radical (unpaired) electrons. The zero-order chi connectivity index (χ0) is 26.4. The maximum absolute atomic E-state index is 12.9. The molecule has 0 saturated heterocycles. The summed E-state index contributed by atoms with van der Waals surface area (Å²) in [5.41, 5.74) is 17.3. The number of nitrogens with two attached hydrogens (primary N) is 3. The quantitative estimate of drug-likeness (QED) is 0.0710. The van der Waals surface area contributed by atoms with Crippen LogP contribution >= 0.6 is 0 Å². The van der Waals surface area contributed by atoms with Gasteiger partial charge in [-0.05, 0) is 24.8 Å². The van der Waals surface area contributed by atoms with Gasteiger partial charge in [0.25, 0.3) is 0 Å². The highest BCUT2D eigenvalue weighted by Crippen LogP contribution is 2.05. The summed E-state index contributed by atoms with van der Waals surface area (Å²) in [5.74, 6) is -5.41. The third-order valence-electron chi connectivity index (χ3n) is 4.64. The lowest BCUT2D eigenvalue weighted by Gasteiger charge is -2.23. The number of rotatable bonds is 15. The first-order chi connectivity index (χ1) is 16.5. The summed E-state index contributed by atoms with van der Waals surface area (Å²) in [4.78, 5) is 63.4. The van der Waals surface area contributed by atoms with Crippen LogP contribution in [0.1, 0.15) is 24.8 Å². The molecule has 3 atom stereocenters. The molecule has 0 aliphatic carbocycles. The number of nitrogens with one attached hydrogen (secondary N) is 3. The number of guanidine groups is 1. The fourth-order valence-electron chi connectivity index (χ4n) is 2.95. The second-order valence-electron chi connectivity index (χ2n) is 7.58. The predicted octanol–water partition coefficient (Wildman–Crippen LogP) is -2.74. The molecule has 0 heterocycles. The van der Waals surface area contributed by atoms with Gasteiger partial charge in [-0.3, -0.25) is 29.0 Å². The van der Waals surface area contributed by atoms with Crippen molar-refractivity contribution in [1.29, 1.82) is 0 Å². The summed E-state index contributed by atoms with van der Waals surface area (Å²) in [7, 11) is 0. The fraction of sp³-hybridized carbons (Fsp3) is 0.429. The van der Waals surface area contributed by atoms with Crippen LogP contribution < -0.4 is 33.2 Å². The van der Waals surface area contributed by atoms with Crippen molar-refractivity contribution in [2.24, 2.45) is 22.2 Å². The number of benzene rings is 1. The van der Waals surface area contributed by atoms with Gasteiger partial charge in [-0.1, -0.05) is 30.3 Å². The Labute approximate surface area is 201 Å². The molecular formula is C21H31N7O7. The highest BCUT2D eigenvalue weighted by atomic mass is 16.4. The first-order valence-corrected chi connectivity index (χ1v) is 10.7. The maximum Gasteiger partial charge on any atom is 0.322 e. The third-order valence-corrected chi connectivity index (χ3v) is 4.64. The van der Waals surface area contributed by atoms with Crippen LogP contribution in [0.2, 0.25) is 0 Å². The van der Waals surface area contributed by atoms with Crippen LogP contribution in [0.15, 0.2) is 35.3 Å². The summed E-state index contributed by atoms with van der Waals surface area (Å²) in [6, 6.07) is 5.22. The monoisotopic (exact) mass is 493 g/mol. The smallest absolute Gasteiger partial charge is 0.322 e. The van der Waals surface area contributed by atoms with Crippen molar-refractivity contribution >= 4 is 35.6 Å². The number of aliphatic carboxylic acids is 2. The molecule has 3 amide bonds. The molecule has 3 unspecified atom stereocenters. The van der Waals surface area contributed by atoms with Crippen molar-refractivity contribution < 1.29 is 34.2 Å². The first-order valence-electron chi connectivity index (χ1n) is 10.7. The van der Waals surface area contributed by atoms with E-state index < -0.39 is 60.8 Å². The third kappa shape index (κ3) is 12.0. The number of amides is 3. The van der Waals surface area contributed by atoms with Crippen LogP contribution in [0.4, 0.5) is 0 Å². The Bertz CT molecular complexity index is 920. The van der Waals surface area contributed by atoms with E-state index >= 15 is 0 Å². The lowest BCUT2D eigenvalue weighted by atomic mass is 10.0. The summed E-state index contributed by atoms with van der Waals surface area (Å²) in [6.07, 6.45) is -0.296. The Balaban J connectivity index is 2.93. The topological polar surface area (TPSA) is 252 Å². The van der Waals surface area contributed by atoms with Crippen LogP contribution in [-0.2, 0) is 30.4 Å². The predicted molar refractivity (Wildman–Crippen MR) is 125 cm³/mol. The average Bonchev–Trinajstić information content (AvgIpc) is 2.78. The van der Waals surface area contributed by atoms with Gasteiger partial charge in [0, 0.05) is 6.54 Å². The van der Waals surface area contributed by atoms with Gasteiger partial charge in [0.05, 0.1) is 12.5 Å². The number of hydrogen-bond acceptors (Lipinski definition) is 7. The van der Waals surface area contributed by atoms with Crippen molar-refractivity contribution in [2.75, 3.05) is 13.1 Å². The van der Waals surface area contributed by atoms with E-state index in [0.717, 1.165) is 5.56 Å². The lowest BCUT2D eigenvalue weighted by Crippen LogP contribution is -2.56. The van der Waals surface area contributed by atoms with Crippen LogP contribution in [0.3, 0.4) is 0 Å². The van der Waals surface area contributed by atoms with Gasteiger partial charge in [-0.15, -0.1) is 0 Å². The van der Waals surface area contributed by atoms with Gasteiger partial charge in [-0.25, -0.2) is 0 Å². The number of carboxylic acids is 2. The van der Waals surface area contributed by atoms with Crippen LogP contribution in [0.5, 0.6) is 0 Å². The Kier molecular flexibility index (Phi) is 12.2. The van der Waals surface area contributed by atoms with E-state index in [1.54, 1.807) is 24.3 Å². The number of aliphatic imine (C=N–C) groups is 1. The summed E-state index contributed by atoms with van der Waals surface area (Å²) < 4.78 is 0. The van der Waals surface area contributed by atoms with Crippen LogP contribution in [0.25, 0.3) is 0 Å². The number of nitrogens with zero attached hydrogens (tertiary/aromatic N) is 1. The molecule has 1 rings (SSSR count). The molecule has 14 nitrogen and oxygen atoms in total. The molecule has 0 bridgehead atoms. The SMILES string of the molecule is NC(N)=NCCCC(NC(=O)C(N)Cc1ccccc1)C(=O)NC(CC(=O)O)C(=O)NCC(=O)O. The van der Waals surface area contributed by atoms with E-state index in [2.05, 4.69) is 15.6 Å². The van der Waals surface area contributed by atoms with Crippen molar-refractivity contribution in [3.05, 3.63) is 35.9 Å². The summed E-state index contributed by atoms with van der Waals surface area (Å²) in [6.45, 7) is -0.618. The number of carbonyl (C=O) groups is 5. The highest BCUT2D eigenvalue weighted by molar-refractivity contribution is 5.95. The number of hydrogen-bond donors (Lipinski definition) is 8. The zero-order valence-electron chi connectivity index (χ0n) is 19.0. The summed E-state index contributed by atoms with van der Waals surface area (Å²) in [5, 5.41) is 24.6. The highest BCUT2D eigenvalue weighted by Gasteiger charge is 2.29. The minimum atomic E-state index is -1.57. The number of carboxylic acid groups (broad SMARTS) is 2. The molecule has 192 valence electrons. The van der Waals surface area contributed by atoms with E-state index in [9.17, 15) is 24.0 Å². The number of carbonyl (C=O) groups excluding carboxylic acids is 3. The van der Waals surface area contributed by atoms with Gasteiger partial charge < -0.3 is 43.4 Å². The normalized spacial score (nSPS) is 12.9. The van der Waals surface area contributed by atoms with Crippen molar-refractivity contribution in [3.63, 3.8) is 0 Å². The van der Waals surface area contributed by atoms with Gasteiger partial charge >= 0.3 is 11.9 Å². The van der Waals surface area contributed by atoms with E-state index in [-0.39, 0.29) is 31.8 Å². The molecule has 0 fully saturated rings. The Morgan fingerprint density at radius 2 is 1.51 bits per heavy atom. The molecule has 0 aromatic heterocycles. The van der Waals surface area contributed by atoms with Gasteiger partial charge in [0.2, 0.25) is 17.7 Å². The molecule has 35 heavy (non-hydrogen) atoms.